The Hall–Kier alpha value is -1.55. The van der Waals surface area contributed by atoms with Gasteiger partial charge in [-0.3, -0.25) is 0 Å². The van der Waals surface area contributed by atoms with Crippen molar-refractivity contribution in [1.82, 2.24) is 14.5 Å². The van der Waals surface area contributed by atoms with Crippen molar-refractivity contribution in [2.24, 2.45) is 0 Å². The van der Waals surface area contributed by atoms with Gasteiger partial charge in [0.25, 0.3) is 0 Å². The molecule has 0 spiro atoms. The lowest BCUT2D eigenvalue weighted by molar-refractivity contribution is 0.169. The Morgan fingerprint density at radius 2 is 1.96 bits per heavy atom. The lowest BCUT2D eigenvalue weighted by Gasteiger charge is -2.29. The molecule has 1 N–H and O–H groups in total. The zero-order valence-corrected chi connectivity index (χ0v) is 15.9. The van der Waals surface area contributed by atoms with Crippen LogP contribution < -0.4 is 18.9 Å². The van der Waals surface area contributed by atoms with Crippen LogP contribution in [0.15, 0.2) is 4.90 Å². The highest BCUT2D eigenvalue weighted by Crippen LogP contribution is 2.51. The van der Waals surface area contributed by atoms with Gasteiger partial charge in [0.15, 0.2) is 11.5 Å². The van der Waals surface area contributed by atoms with Crippen molar-refractivity contribution in [2.45, 2.75) is 17.9 Å². The van der Waals surface area contributed by atoms with E-state index in [4.69, 9.17) is 14.2 Å². The number of likely N-dealkylation sites (N-methyl/N-ethyl adjacent to an activating group) is 2. The Morgan fingerprint density at radius 3 is 2.64 bits per heavy atom. The molecule has 1 aromatic carbocycles. The summed E-state index contributed by atoms with van der Waals surface area (Å²) in [4.78, 5) is 4.25. The molecule has 1 aromatic rings. The van der Waals surface area contributed by atoms with Crippen LogP contribution in [0.2, 0.25) is 0 Å². The van der Waals surface area contributed by atoms with Gasteiger partial charge in [0, 0.05) is 31.7 Å². The molecule has 0 bridgehead atoms. The van der Waals surface area contributed by atoms with E-state index in [1.165, 1.54) is 0 Å². The van der Waals surface area contributed by atoms with Gasteiger partial charge in [-0.05, 0) is 33.1 Å². The maximum absolute atomic E-state index is 13.0. The topological polar surface area (TPSA) is 80.3 Å². The van der Waals surface area contributed by atoms with E-state index in [0.717, 1.165) is 17.7 Å². The second-order valence-electron chi connectivity index (χ2n) is 6.57. The van der Waals surface area contributed by atoms with Crippen molar-refractivity contribution in [3.8, 4) is 17.2 Å². The monoisotopic (exact) mass is 371 g/mol. The summed E-state index contributed by atoms with van der Waals surface area (Å²) in [5.74, 6) is 1.21. The number of fused-ring (bicyclic) bond motifs is 2. The molecule has 2 aliphatic rings. The number of sulfonamides is 1. The molecule has 140 valence electrons. The smallest absolute Gasteiger partial charge is 0.244 e. The van der Waals surface area contributed by atoms with Gasteiger partial charge in [0.1, 0.15) is 4.90 Å². The summed E-state index contributed by atoms with van der Waals surface area (Å²) >= 11 is 0. The number of benzene rings is 1. The molecule has 2 heterocycles. The van der Waals surface area contributed by atoms with Gasteiger partial charge in [-0.1, -0.05) is 0 Å². The molecule has 2 aliphatic heterocycles. The van der Waals surface area contributed by atoms with Gasteiger partial charge >= 0.3 is 0 Å². The van der Waals surface area contributed by atoms with Crippen LogP contribution in [-0.4, -0.2) is 72.9 Å². The number of nitrogens with zero attached hydrogens (tertiary/aromatic N) is 2. The largest absolute Gasteiger partial charge is 0.492 e. The third kappa shape index (κ3) is 3.41. The van der Waals surface area contributed by atoms with E-state index < -0.39 is 10.0 Å². The van der Waals surface area contributed by atoms with Crippen LogP contribution in [0.4, 0.5) is 0 Å². The molecule has 0 atom stereocenters. The van der Waals surface area contributed by atoms with Crippen molar-refractivity contribution < 1.29 is 22.6 Å². The molecule has 9 heteroatoms. The zero-order chi connectivity index (χ0) is 18.2. The first-order valence-electron chi connectivity index (χ1n) is 8.19. The SMILES string of the molecule is COc1c2c(c(S(=O)(=O)NCCN(C)C)c3c1OCO3)CCN(C)C2. The molecule has 8 nitrogen and oxygen atoms in total. The average Bonchev–Trinajstić information content (AvgIpc) is 3.00. The molecule has 3 rings (SSSR count). The van der Waals surface area contributed by atoms with Gasteiger partial charge < -0.3 is 24.0 Å². The molecule has 25 heavy (non-hydrogen) atoms. The minimum Gasteiger partial charge on any atom is -0.492 e. The van der Waals surface area contributed by atoms with Crippen LogP contribution in [0.5, 0.6) is 17.2 Å². The van der Waals surface area contributed by atoms with Crippen molar-refractivity contribution in [3.63, 3.8) is 0 Å². The summed E-state index contributed by atoms with van der Waals surface area (Å²) in [6, 6.07) is 0. The fraction of sp³-hybridized carbons (Fsp3) is 0.625. The van der Waals surface area contributed by atoms with Crippen molar-refractivity contribution in [3.05, 3.63) is 11.1 Å². The molecular formula is C16H25N3O5S. The van der Waals surface area contributed by atoms with E-state index in [9.17, 15) is 8.42 Å². The first-order chi connectivity index (χ1) is 11.8. The Labute approximate surface area is 148 Å². The van der Waals surface area contributed by atoms with Gasteiger partial charge in [0.2, 0.25) is 22.6 Å². The highest BCUT2D eigenvalue weighted by molar-refractivity contribution is 7.89. The van der Waals surface area contributed by atoms with Crippen molar-refractivity contribution in [2.75, 3.05) is 54.7 Å². The number of hydrogen-bond donors (Lipinski definition) is 1. The molecule has 0 aliphatic carbocycles. The van der Waals surface area contributed by atoms with E-state index in [1.807, 2.05) is 26.0 Å². The summed E-state index contributed by atoms with van der Waals surface area (Å²) < 4.78 is 45.3. The minimum atomic E-state index is -3.72. The quantitative estimate of drug-likeness (QED) is 0.768. The normalized spacial score (nSPS) is 17.0. The number of methoxy groups -OCH3 is 1. The second kappa shape index (κ2) is 6.99. The summed E-state index contributed by atoms with van der Waals surface area (Å²) in [5.41, 5.74) is 1.62. The molecule has 0 radical (unpaired) electrons. The van der Waals surface area contributed by atoms with E-state index in [0.29, 0.717) is 37.6 Å². The maximum atomic E-state index is 13.0. The lowest BCUT2D eigenvalue weighted by atomic mass is 9.97. The number of ether oxygens (including phenoxy) is 3. The molecule has 0 saturated carbocycles. The van der Waals surface area contributed by atoms with Crippen LogP contribution in [-0.2, 0) is 23.0 Å². The molecule has 0 aromatic heterocycles. The fourth-order valence-corrected chi connectivity index (χ4v) is 4.67. The molecule has 0 unspecified atom stereocenters. The predicted octanol–water partition coefficient (Wildman–Crippen LogP) is 0.252. The molecular weight excluding hydrogens is 346 g/mol. The van der Waals surface area contributed by atoms with Crippen molar-refractivity contribution in [1.29, 1.82) is 0 Å². The lowest BCUT2D eigenvalue weighted by Crippen LogP contribution is -2.34. The van der Waals surface area contributed by atoms with Crippen LogP contribution in [0.3, 0.4) is 0 Å². The first-order valence-corrected chi connectivity index (χ1v) is 9.67. The summed E-state index contributed by atoms with van der Waals surface area (Å²) in [5, 5.41) is 0. The fourth-order valence-electron chi connectivity index (χ4n) is 3.22. The van der Waals surface area contributed by atoms with E-state index >= 15 is 0 Å². The third-order valence-corrected chi connectivity index (χ3v) is 5.99. The number of hydrogen-bond acceptors (Lipinski definition) is 7. The van der Waals surface area contributed by atoms with Crippen LogP contribution in [0, 0.1) is 0 Å². The Balaban J connectivity index is 2.10. The van der Waals surface area contributed by atoms with E-state index in [2.05, 4.69) is 9.62 Å². The van der Waals surface area contributed by atoms with Gasteiger partial charge in [-0.15, -0.1) is 0 Å². The predicted molar refractivity (Wildman–Crippen MR) is 92.9 cm³/mol. The summed E-state index contributed by atoms with van der Waals surface area (Å²) in [7, 11) is 3.63. The standard InChI is InChI=1S/C16H25N3O5S/c1-18(2)8-6-17-25(20,21)16-11-5-7-19(3)9-12(11)13(22-4)14-15(16)24-10-23-14/h17H,5-10H2,1-4H3. The highest BCUT2D eigenvalue weighted by atomic mass is 32.2. The second-order valence-corrected chi connectivity index (χ2v) is 8.28. The zero-order valence-electron chi connectivity index (χ0n) is 15.1. The summed E-state index contributed by atoms with van der Waals surface area (Å²) in [6.45, 7) is 2.31. The molecule has 0 saturated heterocycles. The van der Waals surface area contributed by atoms with Crippen LogP contribution >= 0.6 is 0 Å². The van der Waals surface area contributed by atoms with Gasteiger partial charge in [-0.2, -0.15) is 0 Å². The Bertz CT molecular complexity index is 764. The minimum absolute atomic E-state index is 0.00928. The van der Waals surface area contributed by atoms with E-state index in [1.54, 1.807) is 7.11 Å². The van der Waals surface area contributed by atoms with E-state index in [-0.39, 0.29) is 17.4 Å². The third-order valence-electron chi connectivity index (χ3n) is 4.43. The maximum Gasteiger partial charge on any atom is 0.244 e. The first kappa shape index (κ1) is 18.2. The van der Waals surface area contributed by atoms with Crippen LogP contribution in [0.1, 0.15) is 11.1 Å². The average molecular weight is 371 g/mol. The Morgan fingerprint density at radius 1 is 1.24 bits per heavy atom. The Kier molecular flexibility index (Phi) is 5.10. The van der Waals surface area contributed by atoms with Crippen LogP contribution in [0.25, 0.3) is 0 Å². The number of nitrogens with one attached hydrogen (secondary N) is 1. The molecule has 0 amide bonds. The van der Waals surface area contributed by atoms with Gasteiger partial charge in [0.05, 0.1) is 7.11 Å². The highest BCUT2D eigenvalue weighted by Gasteiger charge is 2.37. The molecule has 0 fully saturated rings. The van der Waals surface area contributed by atoms with Gasteiger partial charge in [-0.25, -0.2) is 13.1 Å². The van der Waals surface area contributed by atoms with Crippen molar-refractivity contribution >= 4 is 10.0 Å². The summed E-state index contributed by atoms with van der Waals surface area (Å²) in [6.07, 6.45) is 0.614. The number of rotatable bonds is 6.